The second kappa shape index (κ2) is 13.7. The van der Waals surface area contributed by atoms with Gasteiger partial charge in [0.2, 0.25) is 0 Å². The zero-order chi connectivity index (χ0) is 43.7. The Morgan fingerprint density at radius 1 is 0.439 bits per heavy atom. The molecule has 0 radical (unpaired) electrons. The molecule has 9 aromatic carbocycles. The molecule has 2 aliphatic carbocycles. The summed E-state index contributed by atoms with van der Waals surface area (Å²) in [5, 5.41) is 8.36. The van der Waals surface area contributed by atoms with Gasteiger partial charge < -0.3 is 9.13 Å². The molecular weight excluding hydrogens is 799 g/mol. The van der Waals surface area contributed by atoms with Gasteiger partial charge in [-0.25, -0.2) is 4.98 Å². The lowest BCUT2D eigenvalue weighted by atomic mass is 9.70. The number of benzene rings is 9. The lowest BCUT2D eigenvalue weighted by Crippen LogP contribution is -2.26. The van der Waals surface area contributed by atoms with Crippen LogP contribution < -0.4 is 0 Å². The number of fused-ring (bicyclic) bond motifs is 16. The minimum absolute atomic E-state index is 0.547. The number of rotatable bonds is 4. The van der Waals surface area contributed by atoms with E-state index in [2.05, 4.69) is 235 Å². The van der Waals surface area contributed by atoms with Gasteiger partial charge in [-0.15, -0.1) is 0 Å². The Bertz CT molecular complexity index is 3870. The van der Waals surface area contributed by atoms with E-state index in [-0.39, 0.29) is 0 Å². The summed E-state index contributed by atoms with van der Waals surface area (Å²) < 4.78 is 4.89. The number of aromatic nitrogens is 3. The molecule has 0 saturated carbocycles. The Morgan fingerprint density at radius 3 is 1.42 bits per heavy atom. The predicted molar refractivity (Wildman–Crippen MR) is 277 cm³/mol. The van der Waals surface area contributed by atoms with Gasteiger partial charge >= 0.3 is 0 Å². The Kier molecular flexibility index (Phi) is 7.68. The van der Waals surface area contributed by atoms with Crippen LogP contribution in [0.3, 0.4) is 0 Å². The molecule has 66 heavy (non-hydrogen) atoms. The van der Waals surface area contributed by atoms with Crippen molar-refractivity contribution in [3.05, 3.63) is 253 Å². The van der Waals surface area contributed by atoms with Crippen LogP contribution in [-0.4, -0.2) is 14.1 Å². The van der Waals surface area contributed by atoms with E-state index < -0.39 is 5.41 Å². The summed E-state index contributed by atoms with van der Waals surface area (Å²) in [6.45, 7) is 6.47. The molecule has 3 nitrogen and oxygen atoms in total. The molecule has 3 heteroatoms. The van der Waals surface area contributed by atoms with Gasteiger partial charge in [0.25, 0.3) is 0 Å². The number of pyridine rings is 1. The minimum Gasteiger partial charge on any atom is -0.309 e. The maximum absolute atomic E-state index is 5.73. The summed E-state index contributed by atoms with van der Waals surface area (Å²) in [5.74, 6) is 0. The van der Waals surface area contributed by atoms with Gasteiger partial charge in [0.15, 0.2) is 0 Å². The van der Waals surface area contributed by atoms with E-state index in [9.17, 15) is 0 Å². The second-order valence-corrected chi connectivity index (χ2v) is 17.8. The van der Waals surface area contributed by atoms with E-state index in [0.717, 1.165) is 38.9 Å². The number of nitrogens with zero attached hydrogens (tertiary/aromatic N) is 3. The van der Waals surface area contributed by atoms with Crippen molar-refractivity contribution >= 4 is 70.9 Å². The first-order chi connectivity index (χ1) is 32.7. The maximum Gasteiger partial charge on any atom is 0.0789 e. The van der Waals surface area contributed by atoms with E-state index >= 15 is 0 Å². The Labute approximate surface area is 382 Å². The van der Waals surface area contributed by atoms with Crippen molar-refractivity contribution in [3.8, 4) is 33.8 Å². The monoisotopic (exact) mass is 839 g/mol. The number of hydrogen-bond donors (Lipinski definition) is 0. The van der Waals surface area contributed by atoms with Crippen LogP contribution in [0.25, 0.3) is 105 Å². The highest BCUT2D eigenvalue weighted by molar-refractivity contribution is 6.15. The summed E-state index contributed by atoms with van der Waals surface area (Å²) in [5.41, 5.74) is 19.4. The quantitative estimate of drug-likeness (QED) is 0.162. The van der Waals surface area contributed by atoms with Gasteiger partial charge in [-0.1, -0.05) is 164 Å². The average Bonchev–Trinajstić information content (AvgIpc) is 4.07. The van der Waals surface area contributed by atoms with E-state index in [1.165, 1.54) is 93.5 Å². The third-order valence-corrected chi connectivity index (χ3v) is 14.6. The largest absolute Gasteiger partial charge is 0.309 e. The average molecular weight is 840 g/mol. The Morgan fingerprint density at radius 2 is 0.909 bits per heavy atom. The molecule has 12 aromatic rings. The molecule has 0 saturated heterocycles. The third-order valence-electron chi connectivity index (χ3n) is 14.6. The number of allylic oxidation sites excluding steroid dienone is 5. The number of hydrogen-bond acceptors (Lipinski definition) is 1. The first kappa shape index (κ1) is 36.9. The fraction of sp³-hybridized carbons (Fsp3) is 0.0317. The smallest absolute Gasteiger partial charge is 0.0789 e. The van der Waals surface area contributed by atoms with Crippen molar-refractivity contribution in [2.45, 2.75) is 12.3 Å². The van der Waals surface area contributed by atoms with Crippen LogP contribution in [0.1, 0.15) is 29.2 Å². The molecular formula is C63H41N3. The molecule has 0 amide bonds. The van der Waals surface area contributed by atoms with Crippen molar-refractivity contribution in [1.29, 1.82) is 0 Å². The Hall–Kier alpha value is -8.53. The molecule has 3 heterocycles. The molecule has 308 valence electrons. The zero-order valence-electron chi connectivity index (χ0n) is 36.3. The molecule has 1 spiro atoms. The van der Waals surface area contributed by atoms with Gasteiger partial charge in [-0.2, -0.15) is 0 Å². The molecule has 0 bridgehead atoms. The van der Waals surface area contributed by atoms with E-state index in [1.54, 1.807) is 0 Å². The minimum atomic E-state index is -0.547. The van der Waals surface area contributed by atoms with Crippen LogP contribution in [0.15, 0.2) is 231 Å². The van der Waals surface area contributed by atoms with Gasteiger partial charge in [0.1, 0.15) is 0 Å². The highest BCUT2D eigenvalue weighted by atomic mass is 15.0. The molecule has 0 unspecified atom stereocenters. The topological polar surface area (TPSA) is 22.8 Å². The van der Waals surface area contributed by atoms with Crippen molar-refractivity contribution < 1.29 is 0 Å². The fourth-order valence-corrected chi connectivity index (χ4v) is 12.1. The van der Waals surface area contributed by atoms with Crippen LogP contribution in [0.5, 0.6) is 0 Å². The maximum atomic E-state index is 5.73. The van der Waals surface area contributed by atoms with E-state index in [1.807, 2.05) is 6.08 Å². The van der Waals surface area contributed by atoms with Crippen LogP contribution in [0, 0.1) is 0 Å². The Balaban J connectivity index is 1.14. The van der Waals surface area contributed by atoms with Gasteiger partial charge in [0.05, 0.1) is 38.7 Å². The summed E-state index contributed by atoms with van der Waals surface area (Å²) in [6.07, 6.45) is 6.52. The van der Waals surface area contributed by atoms with Crippen molar-refractivity contribution in [2.24, 2.45) is 0 Å². The van der Waals surface area contributed by atoms with Gasteiger partial charge in [-0.05, 0) is 118 Å². The normalized spacial score (nSPS) is 15.0. The summed E-state index contributed by atoms with van der Waals surface area (Å²) in [4.78, 5) is 5.73. The lowest BCUT2D eigenvalue weighted by Gasteiger charge is -2.31. The van der Waals surface area contributed by atoms with Crippen LogP contribution in [-0.2, 0) is 5.41 Å². The van der Waals surface area contributed by atoms with Crippen molar-refractivity contribution in [1.82, 2.24) is 14.1 Å². The van der Waals surface area contributed by atoms with Crippen molar-refractivity contribution in [3.63, 3.8) is 0 Å². The van der Waals surface area contributed by atoms with Gasteiger partial charge in [0, 0.05) is 49.3 Å². The highest BCUT2D eigenvalue weighted by Gasteiger charge is 2.53. The predicted octanol–water partition coefficient (Wildman–Crippen LogP) is 16.1. The molecule has 3 aromatic heterocycles. The summed E-state index contributed by atoms with van der Waals surface area (Å²) >= 11 is 0. The molecule has 14 rings (SSSR count). The highest BCUT2D eigenvalue weighted by Crippen LogP contribution is 2.64. The first-order valence-electron chi connectivity index (χ1n) is 22.9. The zero-order valence-corrected chi connectivity index (χ0v) is 36.3. The second-order valence-electron chi connectivity index (χ2n) is 17.8. The van der Waals surface area contributed by atoms with Crippen LogP contribution in [0.2, 0.25) is 0 Å². The van der Waals surface area contributed by atoms with Crippen molar-refractivity contribution in [2.75, 3.05) is 0 Å². The SMILES string of the molecule is C=C/C=C1\C(=C/C)c2cc3c(cc2C12c1ccccc1-c1ccccc12)c(-c1cc(-n2c4ccccc4c4ccccc42)cc(-n2c4ccccc4c4ccccc42)c1)nc1ccccc13. The fourth-order valence-electron chi connectivity index (χ4n) is 12.1. The summed E-state index contributed by atoms with van der Waals surface area (Å²) in [7, 11) is 0. The molecule has 2 aliphatic rings. The van der Waals surface area contributed by atoms with E-state index in [4.69, 9.17) is 4.98 Å². The number of para-hydroxylation sites is 5. The molecule has 0 atom stereocenters. The van der Waals surface area contributed by atoms with E-state index in [0.29, 0.717) is 0 Å². The molecule has 0 fully saturated rings. The standard InChI is InChI=1S/C63H41N3/c1-3-19-53-42(4-2)51-37-50-45-22-7-14-29-57(45)64-62(52(50)38-56(51)63(53)54-27-12-5-20-43(54)44-21-6-13-28-55(44)63)39-34-40(65-58-30-15-8-23-46(58)47-24-9-16-31-59(47)65)36-41(35-39)66-60-32-17-10-25-48(60)49-26-11-18-33-61(49)66/h3-38H,1H2,2H3/b42-4-,53-19+. The van der Waals surface area contributed by atoms with Crippen LogP contribution >= 0.6 is 0 Å². The van der Waals surface area contributed by atoms with Crippen LogP contribution in [0.4, 0.5) is 0 Å². The third kappa shape index (κ3) is 4.78. The van der Waals surface area contributed by atoms with Gasteiger partial charge in [-0.3, -0.25) is 0 Å². The molecule has 0 N–H and O–H groups in total. The summed E-state index contributed by atoms with van der Waals surface area (Å²) in [6, 6.07) is 73.9. The first-order valence-corrected chi connectivity index (χ1v) is 22.9. The lowest BCUT2D eigenvalue weighted by molar-refractivity contribution is 0.796. The molecule has 0 aliphatic heterocycles.